The lowest BCUT2D eigenvalue weighted by Crippen LogP contribution is -2.56. The molecule has 0 bridgehead atoms. The lowest BCUT2D eigenvalue weighted by atomic mass is 10.0. The first-order chi connectivity index (χ1) is 9.36. The van der Waals surface area contributed by atoms with Crippen molar-refractivity contribution < 1.29 is 0 Å². The molecule has 3 nitrogen and oxygen atoms in total. The monoisotopic (exact) mass is 259 g/mol. The predicted molar refractivity (Wildman–Crippen MR) is 77.9 cm³/mol. The first-order valence-electron chi connectivity index (χ1n) is 7.73. The van der Waals surface area contributed by atoms with Crippen molar-refractivity contribution in [1.82, 2.24) is 15.2 Å². The van der Waals surface area contributed by atoms with E-state index in [-0.39, 0.29) is 0 Å². The van der Waals surface area contributed by atoms with Crippen LogP contribution in [-0.4, -0.2) is 35.1 Å². The highest BCUT2D eigenvalue weighted by molar-refractivity contribution is 5.09. The van der Waals surface area contributed by atoms with E-state index >= 15 is 0 Å². The fraction of sp³-hybridized carbons (Fsp3) is 0.688. The van der Waals surface area contributed by atoms with E-state index < -0.39 is 0 Å². The van der Waals surface area contributed by atoms with Crippen LogP contribution >= 0.6 is 0 Å². The van der Waals surface area contributed by atoms with Gasteiger partial charge in [0.05, 0.1) is 0 Å². The Morgan fingerprint density at radius 3 is 3.00 bits per heavy atom. The number of aromatic nitrogens is 1. The van der Waals surface area contributed by atoms with E-state index in [2.05, 4.69) is 28.2 Å². The Hall–Kier alpha value is -0.930. The third-order valence-corrected chi connectivity index (χ3v) is 4.45. The fourth-order valence-electron chi connectivity index (χ4n) is 3.30. The van der Waals surface area contributed by atoms with Crippen LogP contribution in [0.15, 0.2) is 24.5 Å². The van der Waals surface area contributed by atoms with Gasteiger partial charge in [0.2, 0.25) is 0 Å². The summed E-state index contributed by atoms with van der Waals surface area (Å²) in [6, 6.07) is 5.67. The van der Waals surface area contributed by atoms with Crippen LogP contribution in [0.25, 0.3) is 0 Å². The van der Waals surface area contributed by atoms with Gasteiger partial charge >= 0.3 is 0 Å². The lowest BCUT2D eigenvalue weighted by Gasteiger charge is -2.41. The molecule has 2 aliphatic rings. The highest BCUT2D eigenvalue weighted by Crippen LogP contribution is 2.36. The fourth-order valence-corrected chi connectivity index (χ4v) is 3.30. The molecule has 0 radical (unpaired) electrons. The standard InChI is InChI=1S/C16H25N3/c1-2-4-15-12-19(11-13-5-3-8-17-9-13)16(10-18-15)14-6-7-14/h3,5,8-9,14-16,18H,2,4,6-7,10-12H2,1H3. The van der Waals surface area contributed by atoms with E-state index in [1.54, 1.807) is 0 Å². The molecule has 2 fully saturated rings. The van der Waals surface area contributed by atoms with Crippen molar-refractivity contribution in [3.05, 3.63) is 30.1 Å². The molecule has 0 amide bonds. The number of piperazine rings is 1. The maximum atomic E-state index is 4.25. The van der Waals surface area contributed by atoms with Crippen LogP contribution in [-0.2, 0) is 6.54 Å². The van der Waals surface area contributed by atoms with E-state index in [9.17, 15) is 0 Å². The first-order valence-corrected chi connectivity index (χ1v) is 7.73. The molecule has 3 rings (SSSR count). The van der Waals surface area contributed by atoms with Crippen LogP contribution in [0.4, 0.5) is 0 Å². The van der Waals surface area contributed by atoms with Crippen molar-refractivity contribution in [3.8, 4) is 0 Å². The molecule has 1 aliphatic carbocycles. The van der Waals surface area contributed by atoms with Gasteiger partial charge in [0.25, 0.3) is 0 Å². The van der Waals surface area contributed by atoms with Gasteiger partial charge in [-0.25, -0.2) is 0 Å². The van der Waals surface area contributed by atoms with E-state index in [1.165, 1.54) is 44.3 Å². The summed E-state index contributed by atoms with van der Waals surface area (Å²) in [4.78, 5) is 6.95. The molecular formula is C16H25N3. The zero-order valence-corrected chi connectivity index (χ0v) is 11.9. The Balaban J connectivity index is 1.66. The van der Waals surface area contributed by atoms with Crippen LogP contribution in [0.1, 0.15) is 38.2 Å². The molecule has 2 heterocycles. The van der Waals surface area contributed by atoms with Gasteiger partial charge in [-0.15, -0.1) is 0 Å². The molecule has 0 aromatic carbocycles. The normalized spacial score (nSPS) is 28.5. The maximum absolute atomic E-state index is 4.25. The van der Waals surface area contributed by atoms with Crippen LogP contribution in [0.5, 0.6) is 0 Å². The Bertz CT molecular complexity index is 388. The third-order valence-electron chi connectivity index (χ3n) is 4.45. The Labute approximate surface area is 116 Å². The Kier molecular flexibility index (Phi) is 4.14. The van der Waals surface area contributed by atoms with Crippen LogP contribution in [0, 0.1) is 5.92 Å². The molecule has 1 aromatic rings. The molecule has 104 valence electrons. The average Bonchev–Trinajstić information content (AvgIpc) is 3.25. The molecule has 2 unspecified atom stereocenters. The smallest absolute Gasteiger partial charge is 0.0312 e. The summed E-state index contributed by atoms with van der Waals surface area (Å²) in [5.41, 5.74) is 1.35. The number of rotatable bonds is 5. The van der Waals surface area contributed by atoms with Gasteiger partial charge in [-0.3, -0.25) is 9.88 Å². The summed E-state index contributed by atoms with van der Waals surface area (Å²) >= 11 is 0. The number of hydrogen-bond donors (Lipinski definition) is 1. The van der Waals surface area contributed by atoms with Crippen molar-refractivity contribution in [2.75, 3.05) is 13.1 Å². The second-order valence-corrected chi connectivity index (χ2v) is 6.09. The van der Waals surface area contributed by atoms with E-state index in [0.29, 0.717) is 6.04 Å². The molecule has 3 heteroatoms. The number of hydrogen-bond acceptors (Lipinski definition) is 3. The van der Waals surface area contributed by atoms with E-state index in [0.717, 1.165) is 18.5 Å². The summed E-state index contributed by atoms with van der Waals surface area (Å²) in [5, 5.41) is 3.75. The summed E-state index contributed by atoms with van der Waals surface area (Å²) in [7, 11) is 0. The zero-order valence-electron chi connectivity index (χ0n) is 11.9. The minimum atomic E-state index is 0.677. The van der Waals surface area contributed by atoms with Gasteiger partial charge in [0.1, 0.15) is 0 Å². The van der Waals surface area contributed by atoms with E-state index in [1.807, 2.05) is 18.5 Å². The van der Waals surface area contributed by atoms with Gasteiger partial charge in [0.15, 0.2) is 0 Å². The largest absolute Gasteiger partial charge is 0.311 e. The van der Waals surface area contributed by atoms with Gasteiger partial charge in [-0.05, 0) is 36.8 Å². The lowest BCUT2D eigenvalue weighted by molar-refractivity contribution is 0.104. The highest BCUT2D eigenvalue weighted by Gasteiger charge is 2.38. The SMILES string of the molecule is CCCC1CN(Cc2cccnc2)C(C2CC2)CN1. The second-order valence-electron chi connectivity index (χ2n) is 6.09. The molecular weight excluding hydrogens is 234 g/mol. The van der Waals surface area contributed by atoms with Crippen molar-refractivity contribution in [2.24, 2.45) is 5.92 Å². The molecule has 19 heavy (non-hydrogen) atoms. The molecule has 1 saturated heterocycles. The van der Waals surface area contributed by atoms with Crippen LogP contribution in [0.2, 0.25) is 0 Å². The first kappa shape index (κ1) is 13.1. The molecule has 0 spiro atoms. The van der Waals surface area contributed by atoms with Crippen molar-refractivity contribution in [2.45, 2.75) is 51.2 Å². The van der Waals surface area contributed by atoms with Gasteiger partial charge in [-0.2, -0.15) is 0 Å². The molecule has 1 saturated carbocycles. The van der Waals surface area contributed by atoms with Crippen LogP contribution < -0.4 is 5.32 Å². The van der Waals surface area contributed by atoms with Crippen molar-refractivity contribution >= 4 is 0 Å². The number of pyridine rings is 1. The minimum Gasteiger partial charge on any atom is -0.311 e. The molecule has 1 N–H and O–H groups in total. The van der Waals surface area contributed by atoms with Gasteiger partial charge in [-0.1, -0.05) is 19.4 Å². The van der Waals surface area contributed by atoms with E-state index in [4.69, 9.17) is 0 Å². The average molecular weight is 259 g/mol. The quantitative estimate of drug-likeness (QED) is 0.880. The minimum absolute atomic E-state index is 0.677. The zero-order chi connectivity index (χ0) is 13.1. The predicted octanol–water partition coefficient (Wildman–Crippen LogP) is 2.43. The number of nitrogens with zero attached hydrogens (tertiary/aromatic N) is 2. The van der Waals surface area contributed by atoms with Gasteiger partial charge < -0.3 is 5.32 Å². The van der Waals surface area contributed by atoms with Crippen LogP contribution in [0.3, 0.4) is 0 Å². The third kappa shape index (κ3) is 3.34. The topological polar surface area (TPSA) is 28.2 Å². The summed E-state index contributed by atoms with van der Waals surface area (Å²) in [5.74, 6) is 0.937. The maximum Gasteiger partial charge on any atom is 0.0312 e. The molecule has 2 atom stereocenters. The summed E-state index contributed by atoms with van der Waals surface area (Å²) in [6.07, 6.45) is 9.29. The Morgan fingerprint density at radius 2 is 2.32 bits per heavy atom. The van der Waals surface area contributed by atoms with Gasteiger partial charge in [0, 0.05) is 44.1 Å². The van der Waals surface area contributed by atoms with Crippen molar-refractivity contribution in [3.63, 3.8) is 0 Å². The molecule has 1 aromatic heterocycles. The summed E-state index contributed by atoms with van der Waals surface area (Å²) < 4.78 is 0. The van der Waals surface area contributed by atoms with Crippen molar-refractivity contribution in [1.29, 1.82) is 0 Å². The highest BCUT2D eigenvalue weighted by atomic mass is 15.2. The number of nitrogens with one attached hydrogen (secondary N) is 1. The Morgan fingerprint density at radius 1 is 1.42 bits per heavy atom. The summed E-state index contributed by atoms with van der Waals surface area (Å²) in [6.45, 7) is 5.72. The second kappa shape index (κ2) is 6.02. The molecule has 1 aliphatic heterocycles.